The minimum atomic E-state index is -0.323. The molecule has 3 aromatic rings. The number of furan rings is 1. The molecule has 0 saturated carbocycles. The summed E-state index contributed by atoms with van der Waals surface area (Å²) in [5.41, 5.74) is 1.78. The largest absolute Gasteiger partial charge is 0.450 e. The molecule has 0 radical (unpaired) electrons. The van der Waals surface area contributed by atoms with Gasteiger partial charge in [0.15, 0.2) is 10.2 Å². The Labute approximate surface area is 259 Å². The standard InChI is InChI=1S/C31H35N5O5S2/c1-5-7-13-27(38)34(17-6-2)20-26(37)32-16-10-18-35-24-12-9-8-11-23(24)33-30(35)43-28-15-14-22(41-28)19-25-29(39)36(21(3)4)31(40)42-25/h2,8-9,11-12,14-15,19,21H,5,7,10,13,16-18,20H2,1,3-4H3,(H,32,37)/b25-19-. The van der Waals surface area contributed by atoms with E-state index in [1.54, 1.807) is 32.1 Å². The number of terminal acetylenes is 1. The molecule has 1 aliphatic rings. The molecule has 10 nitrogen and oxygen atoms in total. The minimum absolute atomic E-state index is 0.0629. The number of amides is 4. The number of imide groups is 1. The van der Waals surface area contributed by atoms with Crippen LogP contribution in [0, 0.1) is 12.3 Å². The van der Waals surface area contributed by atoms with Crippen molar-refractivity contribution in [1.82, 2.24) is 24.7 Å². The third kappa shape index (κ3) is 8.12. The Bertz CT molecular complexity index is 1570. The predicted molar refractivity (Wildman–Crippen MR) is 168 cm³/mol. The van der Waals surface area contributed by atoms with E-state index in [0.29, 0.717) is 41.7 Å². The summed E-state index contributed by atoms with van der Waals surface area (Å²) >= 11 is 2.25. The predicted octanol–water partition coefficient (Wildman–Crippen LogP) is 5.38. The molecule has 3 heterocycles. The van der Waals surface area contributed by atoms with Crippen molar-refractivity contribution < 1.29 is 23.6 Å². The normalized spacial score (nSPS) is 14.2. The van der Waals surface area contributed by atoms with E-state index < -0.39 is 0 Å². The van der Waals surface area contributed by atoms with Crippen molar-refractivity contribution >= 4 is 63.6 Å². The molecular weight excluding hydrogens is 587 g/mol. The first-order chi connectivity index (χ1) is 20.7. The van der Waals surface area contributed by atoms with Crippen LogP contribution in [0.5, 0.6) is 0 Å². The van der Waals surface area contributed by atoms with Gasteiger partial charge in [-0.25, -0.2) is 4.98 Å². The highest BCUT2D eigenvalue weighted by atomic mass is 32.2. The number of carbonyl (C=O) groups excluding carboxylic acids is 4. The van der Waals surface area contributed by atoms with Gasteiger partial charge in [-0.15, -0.1) is 6.42 Å². The SMILES string of the molecule is C#CCN(CC(=O)NCCCn1c(Sc2ccc(/C=C3\SC(=O)N(C(C)C)C3=O)o2)nc2ccccc21)C(=O)CCCC. The Morgan fingerprint density at radius 3 is 2.72 bits per heavy atom. The second-order valence-corrected chi connectivity index (χ2v) is 12.2. The van der Waals surface area contributed by atoms with Gasteiger partial charge in [0.2, 0.25) is 11.8 Å². The van der Waals surface area contributed by atoms with Crippen molar-refractivity contribution in [3.8, 4) is 12.3 Å². The van der Waals surface area contributed by atoms with Gasteiger partial charge in [0.05, 0.1) is 22.5 Å². The van der Waals surface area contributed by atoms with Crippen molar-refractivity contribution in [3.63, 3.8) is 0 Å². The van der Waals surface area contributed by atoms with Crippen LogP contribution in [0.25, 0.3) is 17.1 Å². The Morgan fingerprint density at radius 1 is 1.21 bits per heavy atom. The Morgan fingerprint density at radius 2 is 2.00 bits per heavy atom. The first-order valence-corrected chi connectivity index (χ1v) is 15.8. The second-order valence-electron chi connectivity index (χ2n) is 10.2. The molecular formula is C31H35N5O5S2. The van der Waals surface area contributed by atoms with E-state index in [0.717, 1.165) is 40.8 Å². The Balaban J connectivity index is 1.39. The number of para-hydroxylation sites is 2. The lowest BCUT2D eigenvalue weighted by Crippen LogP contribution is -2.41. The zero-order valence-corrected chi connectivity index (χ0v) is 26.1. The minimum Gasteiger partial charge on any atom is -0.450 e. The van der Waals surface area contributed by atoms with Gasteiger partial charge in [0, 0.05) is 31.6 Å². The smallest absolute Gasteiger partial charge is 0.293 e. The number of aromatic nitrogens is 2. The molecule has 4 rings (SSSR count). The van der Waals surface area contributed by atoms with Crippen LogP contribution in [-0.4, -0.2) is 68.0 Å². The quantitative estimate of drug-likeness (QED) is 0.145. The van der Waals surface area contributed by atoms with E-state index >= 15 is 0 Å². The maximum atomic E-state index is 12.6. The highest BCUT2D eigenvalue weighted by Gasteiger charge is 2.36. The third-order valence-electron chi connectivity index (χ3n) is 6.62. The molecule has 12 heteroatoms. The molecule has 1 saturated heterocycles. The van der Waals surface area contributed by atoms with Crippen LogP contribution in [0.4, 0.5) is 4.79 Å². The maximum Gasteiger partial charge on any atom is 0.293 e. The zero-order chi connectivity index (χ0) is 30.9. The number of nitrogens with zero attached hydrogens (tertiary/aromatic N) is 4. The summed E-state index contributed by atoms with van der Waals surface area (Å²) in [6, 6.07) is 11.1. The molecule has 1 aliphatic heterocycles. The zero-order valence-electron chi connectivity index (χ0n) is 24.5. The molecule has 0 unspecified atom stereocenters. The number of imidazole rings is 1. The van der Waals surface area contributed by atoms with Crippen molar-refractivity contribution in [3.05, 3.63) is 47.1 Å². The number of benzene rings is 1. The van der Waals surface area contributed by atoms with Gasteiger partial charge in [-0.2, -0.15) is 0 Å². The molecule has 2 aromatic heterocycles. The molecule has 43 heavy (non-hydrogen) atoms. The van der Waals surface area contributed by atoms with Crippen LogP contribution < -0.4 is 5.32 Å². The third-order valence-corrected chi connectivity index (χ3v) is 8.42. The van der Waals surface area contributed by atoms with Crippen molar-refractivity contribution in [2.45, 2.75) is 69.3 Å². The van der Waals surface area contributed by atoms with Gasteiger partial charge in [-0.3, -0.25) is 24.1 Å². The summed E-state index contributed by atoms with van der Waals surface area (Å²) in [6.45, 7) is 6.65. The lowest BCUT2D eigenvalue weighted by atomic mass is 10.2. The highest BCUT2D eigenvalue weighted by Crippen LogP contribution is 2.36. The lowest BCUT2D eigenvalue weighted by molar-refractivity contribution is -0.135. The summed E-state index contributed by atoms with van der Waals surface area (Å²) in [7, 11) is 0. The number of unbranched alkanes of at least 4 members (excludes halogenated alkanes) is 1. The average molecular weight is 622 g/mol. The molecule has 0 bridgehead atoms. The summed E-state index contributed by atoms with van der Waals surface area (Å²) in [6.07, 6.45) is 9.65. The van der Waals surface area contributed by atoms with Crippen LogP contribution in [0.2, 0.25) is 0 Å². The number of hydrogen-bond donors (Lipinski definition) is 1. The molecule has 1 N–H and O–H groups in total. The number of nitrogens with one attached hydrogen (secondary N) is 1. The van der Waals surface area contributed by atoms with E-state index in [4.69, 9.17) is 15.8 Å². The van der Waals surface area contributed by atoms with Crippen LogP contribution >= 0.6 is 23.5 Å². The molecule has 1 aromatic carbocycles. The van der Waals surface area contributed by atoms with Gasteiger partial charge in [0.1, 0.15) is 12.3 Å². The van der Waals surface area contributed by atoms with Crippen LogP contribution in [0.15, 0.2) is 56.0 Å². The fraction of sp³-hybridized carbons (Fsp3) is 0.387. The van der Waals surface area contributed by atoms with Gasteiger partial charge in [-0.1, -0.05) is 31.4 Å². The van der Waals surface area contributed by atoms with Gasteiger partial charge < -0.3 is 19.2 Å². The van der Waals surface area contributed by atoms with Crippen LogP contribution in [0.3, 0.4) is 0 Å². The van der Waals surface area contributed by atoms with E-state index in [2.05, 4.69) is 15.8 Å². The molecule has 226 valence electrons. The van der Waals surface area contributed by atoms with E-state index in [1.807, 2.05) is 31.2 Å². The van der Waals surface area contributed by atoms with Crippen molar-refractivity contribution in [2.75, 3.05) is 19.6 Å². The van der Waals surface area contributed by atoms with Crippen LogP contribution in [0.1, 0.15) is 52.2 Å². The topological polar surface area (TPSA) is 118 Å². The second kappa shape index (κ2) is 15.0. The van der Waals surface area contributed by atoms with Gasteiger partial charge in [-0.05, 0) is 74.5 Å². The lowest BCUT2D eigenvalue weighted by Gasteiger charge is -2.19. The van der Waals surface area contributed by atoms with E-state index in [1.165, 1.54) is 21.6 Å². The fourth-order valence-corrected chi connectivity index (χ4v) is 6.32. The number of aryl methyl sites for hydroxylation is 1. The summed E-state index contributed by atoms with van der Waals surface area (Å²) in [4.78, 5) is 57.5. The number of thioether (sulfide) groups is 1. The molecule has 1 fully saturated rings. The molecule has 0 spiro atoms. The Kier molecular flexibility index (Phi) is 11.1. The number of fused-ring (bicyclic) bond motifs is 1. The van der Waals surface area contributed by atoms with Crippen LogP contribution in [-0.2, 0) is 20.9 Å². The Hall–Kier alpha value is -3.95. The summed E-state index contributed by atoms with van der Waals surface area (Å²) in [5.74, 6) is 2.24. The monoisotopic (exact) mass is 621 g/mol. The maximum absolute atomic E-state index is 12.6. The average Bonchev–Trinajstić information content (AvgIpc) is 3.64. The van der Waals surface area contributed by atoms with Gasteiger partial charge in [0.25, 0.3) is 11.1 Å². The van der Waals surface area contributed by atoms with E-state index in [9.17, 15) is 19.2 Å². The number of hydrogen-bond acceptors (Lipinski definition) is 8. The summed E-state index contributed by atoms with van der Waals surface area (Å²) in [5, 5.41) is 3.91. The molecule has 0 atom stereocenters. The van der Waals surface area contributed by atoms with Crippen molar-refractivity contribution in [2.24, 2.45) is 0 Å². The number of rotatable bonds is 14. The number of carbonyl (C=O) groups is 4. The molecule has 0 aliphatic carbocycles. The van der Waals surface area contributed by atoms with Crippen molar-refractivity contribution in [1.29, 1.82) is 0 Å². The molecule has 4 amide bonds. The first kappa shape index (κ1) is 32.0. The highest BCUT2D eigenvalue weighted by molar-refractivity contribution is 8.18. The fourth-order valence-electron chi connectivity index (χ4n) is 4.48. The first-order valence-electron chi connectivity index (χ1n) is 14.2. The summed E-state index contributed by atoms with van der Waals surface area (Å²) < 4.78 is 8.04. The van der Waals surface area contributed by atoms with E-state index in [-0.39, 0.29) is 42.1 Å². The van der Waals surface area contributed by atoms with Gasteiger partial charge >= 0.3 is 0 Å².